The number of carbonyl (C=O) groups is 3. The number of nitrogens with zero attached hydrogens (tertiary/aromatic N) is 1. The van der Waals surface area contributed by atoms with E-state index in [4.69, 9.17) is 28.3 Å². The smallest absolute Gasteiger partial charge is 0.305 e. The van der Waals surface area contributed by atoms with Gasteiger partial charge in [0.05, 0.1) is 12.3 Å². The molecule has 3 aromatic rings. The van der Waals surface area contributed by atoms with Gasteiger partial charge in [-0.3, -0.25) is 14.4 Å². The summed E-state index contributed by atoms with van der Waals surface area (Å²) in [7, 11) is 0. The molecule has 3 aromatic carbocycles. The van der Waals surface area contributed by atoms with Crippen molar-refractivity contribution in [2.75, 3.05) is 6.54 Å². The maximum atomic E-state index is 14.2. The van der Waals surface area contributed by atoms with E-state index in [0.29, 0.717) is 28.7 Å². The molecule has 1 aliphatic rings. The molecule has 1 heterocycles. The van der Waals surface area contributed by atoms with Crippen LogP contribution in [0.4, 0.5) is 0 Å². The Kier molecular flexibility index (Phi) is 9.08. The van der Waals surface area contributed by atoms with Crippen LogP contribution in [0.2, 0.25) is 10.0 Å². The summed E-state index contributed by atoms with van der Waals surface area (Å²) in [4.78, 5) is 39.2. The number of nitrogens with one attached hydrogen (secondary N) is 1. The van der Waals surface area contributed by atoms with Gasteiger partial charge >= 0.3 is 5.97 Å². The highest BCUT2D eigenvalue weighted by Crippen LogP contribution is 2.40. The summed E-state index contributed by atoms with van der Waals surface area (Å²) in [6.45, 7) is 3.19. The molecule has 2 atom stereocenters. The third-order valence-corrected chi connectivity index (χ3v) is 7.41. The van der Waals surface area contributed by atoms with Crippen molar-refractivity contribution < 1.29 is 19.5 Å². The topological polar surface area (TPSA) is 86.7 Å². The number of benzene rings is 3. The molecule has 0 saturated carbocycles. The summed E-state index contributed by atoms with van der Waals surface area (Å²) in [5, 5.41) is 12.7. The first-order valence-corrected chi connectivity index (χ1v) is 13.4. The minimum Gasteiger partial charge on any atom is -0.481 e. The van der Waals surface area contributed by atoms with Crippen LogP contribution < -0.4 is 5.32 Å². The summed E-state index contributed by atoms with van der Waals surface area (Å²) in [6, 6.07) is 20.4. The maximum absolute atomic E-state index is 14.2. The highest BCUT2D eigenvalue weighted by molar-refractivity contribution is 6.30. The van der Waals surface area contributed by atoms with Gasteiger partial charge in [-0.15, -0.1) is 0 Å². The van der Waals surface area contributed by atoms with Crippen LogP contribution in [0.5, 0.6) is 0 Å². The zero-order valence-electron chi connectivity index (χ0n) is 21.1. The van der Waals surface area contributed by atoms with Crippen molar-refractivity contribution in [1.29, 1.82) is 0 Å². The molecule has 0 aliphatic carbocycles. The Hall–Kier alpha value is -3.35. The predicted molar refractivity (Wildman–Crippen MR) is 149 cm³/mol. The molecule has 6 nitrogen and oxygen atoms in total. The van der Waals surface area contributed by atoms with Gasteiger partial charge < -0.3 is 15.3 Å². The normalized spacial score (nSPS) is 14.0. The number of carboxylic acids is 1. The summed E-state index contributed by atoms with van der Waals surface area (Å²) < 4.78 is 0. The Bertz CT molecular complexity index is 1310. The Labute approximate surface area is 232 Å². The van der Waals surface area contributed by atoms with Crippen molar-refractivity contribution >= 4 is 41.0 Å². The first kappa shape index (κ1) is 27.7. The first-order valence-electron chi connectivity index (χ1n) is 12.7. The summed E-state index contributed by atoms with van der Waals surface area (Å²) in [6.07, 6.45) is 1.50. The van der Waals surface area contributed by atoms with Gasteiger partial charge in [-0.05, 0) is 71.0 Å². The van der Waals surface area contributed by atoms with E-state index >= 15 is 0 Å². The second kappa shape index (κ2) is 12.5. The molecule has 0 spiro atoms. The van der Waals surface area contributed by atoms with Crippen LogP contribution in [0, 0.1) is 0 Å². The number of fused-ring (bicyclic) bond motifs is 1. The van der Waals surface area contributed by atoms with Crippen molar-refractivity contribution in [2.45, 2.75) is 51.1 Å². The van der Waals surface area contributed by atoms with Crippen molar-refractivity contribution in [3.63, 3.8) is 0 Å². The lowest BCUT2D eigenvalue weighted by atomic mass is 9.77. The Morgan fingerprint density at radius 3 is 2.18 bits per heavy atom. The monoisotopic (exact) mass is 552 g/mol. The predicted octanol–water partition coefficient (Wildman–Crippen LogP) is 6.41. The van der Waals surface area contributed by atoms with Crippen LogP contribution in [0.15, 0.2) is 66.7 Å². The average molecular weight is 553 g/mol. The van der Waals surface area contributed by atoms with E-state index in [1.54, 1.807) is 12.1 Å². The third-order valence-electron chi connectivity index (χ3n) is 6.93. The Balaban J connectivity index is 1.63. The maximum Gasteiger partial charge on any atom is 0.305 e. The van der Waals surface area contributed by atoms with E-state index in [-0.39, 0.29) is 30.7 Å². The minimum atomic E-state index is -0.967. The lowest BCUT2D eigenvalue weighted by Crippen LogP contribution is -2.34. The third kappa shape index (κ3) is 6.55. The van der Waals surface area contributed by atoms with Gasteiger partial charge in [0.1, 0.15) is 0 Å². The number of aliphatic carboxylic acids is 1. The number of carboxylic acid groups (broad SMARTS) is 1. The quantitative estimate of drug-likeness (QED) is 0.304. The van der Waals surface area contributed by atoms with Crippen molar-refractivity contribution in [3.05, 3.63) is 105 Å². The molecule has 0 fully saturated rings. The fourth-order valence-electron chi connectivity index (χ4n) is 5.04. The molecule has 0 aromatic heterocycles. The van der Waals surface area contributed by atoms with E-state index in [2.05, 4.69) is 12.2 Å². The molecule has 8 heteroatoms. The summed E-state index contributed by atoms with van der Waals surface area (Å²) >= 11 is 12.4. The summed E-state index contributed by atoms with van der Waals surface area (Å²) in [5.74, 6) is -1.82. The Morgan fingerprint density at radius 1 is 0.895 bits per heavy atom. The van der Waals surface area contributed by atoms with E-state index in [1.807, 2.05) is 59.5 Å². The molecule has 0 radical (unpaired) electrons. The second-order valence-electron chi connectivity index (χ2n) is 9.55. The molecule has 2 amide bonds. The lowest BCUT2D eigenvalue weighted by Gasteiger charge is -2.31. The van der Waals surface area contributed by atoms with E-state index in [9.17, 15) is 14.4 Å². The molecule has 4 rings (SSSR count). The number of rotatable bonds is 10. The van der Waals surface area contributed by atoms with E-state index in [0.717, 1.165) is 35.1 Å². The fourth-order valence-corrected chi connectivity index (χ4v) is 5.36. The minimum absolute atomic E-state index is 0.0357. The average Bonchev–Trinajstić information content (AvgIpc) is 3.32. The van der Waals surface area contributed by atoms with Gasteiger partial charge in [-0.1, -0.05) is 66.9 Å². The number of amides is 2. The molecule has 0 saturated heterocycles. The summed E-state index contributed by atoms with van der Waals surface area (Å²) in [5.41, 5.74) is 4.45. The zero-order chi connectivity index (χ0) is 27.2. The standard InChI is InChI=1S/C30H30Cl2N2O4/c1-2-3-26(19-4-6-21(7-5-19)29(37)33-15-14-27(35)36)28(20-8-11-24(31)12-9-20)30(38)34-17-22-10-13-25(32)16-23(22)18-34/h4-13,16,26,28H,2-3,14-15,17-18H2,1H3,(H,33,37)(H,35,36). The van der Waals surface area contributed by atoms with Crippen LogP contribution in [0.3, 0.4) is 0 Å². The number of halogens is 2. The lowest BCUT2D eigenvalue weighted by molar-refractivity contribution is -0.137. The number of hydrogen-bond donors (Lipinski definition) is 2. The van der Waals surface area contributed by atoms with E-state index in [1.165, 1.54) is 0 Å². The van der Waals surface area contributed by atoms with Crippen LogP contribution in [0.1, 0.15) is 70.6 Å². The largest absolute Gasteiger partial charge is 0.481 e. The second-order valence-corrected chi connectivity index (χ2v) is 10.4. The first-order chi connectivity index (χ1) is 18.3. The van der Waals surface area contributed by atoms with Crippen LogP contribution in [0.25, 0.3) is 0 Å². The van der Waals surface area contributed by atoms with Gasteiger partial charge in [0.15, 0.2) is 0 Å². The molecule has 38 heavy (non-hydrogen) atoms. The van der Waals surface area contributed by atoms with Gasteiger partial charge in [-0.2, -0.15) is 0 Å². The number of carbonyl (C=O) groups excluding carboxylic acids is 2. The molecular weight excluding hydrogens is 523 g/mol. The highest BCUT2D eigenvalue weighted by Gasteiger charge is 2.36. The number of hydrogen-bond acceptors (Lipinski definition) is 3. The van der Waals surface area contributed by atoms with Crippen LogP contribution >= 0.6 is 23.2 Å². The van der Waals surface area contributed by atoms with Crippen molar-refractivity contribution in [3.8, 4) is 0 Å². The zero-order valence-corrected chi connectivity index (χ0v) is 22.6. The van der Waals surface area contributed by atoms with Gasteiger partial charge in [0, 0.05) is 35.2 Å². The molecule has 0 bridgehead atoms. The van der Waals surface area contributed by atoms with Crippen LogP contribution in [-0.4, -0.2) is 34.3 Å². The highest BCUT2D eigenvalue weighted by atomic mass is 35.5. The fraction of sp³-hybridized carbons (Fsp3) is 0.300. The Morgan fingerprint density at radius 2 is 1.53 bits per heavy atom. The van der Waals surface area contributed by atoms with Gasteiger partial charge in [0.2, 0.25) is 5.91 Å². The molecule has 198 valence electrons. The van der Waals surface area contributed by atoms with Crippen LogP contribution in [-0.2, 0) is 22.7 Å². The van der Waals surface area contributed by atoms with Gasteiger partial charge in [0.25, 0.3) is 5.91 Å². The van der Waals surface area contributed by atoms with E-state index < -0.39 is 11.9 Å². The molecule has 1 aliphatic heterocycles. The SMILES string of the molecule is CCCC(c1ccc(C(=O)NCCC(=O)O)cc1)C(C(=O)N1Cc2ccc(Cl)cc2C1)c1ccc(Cl)cc1. The van der Waals surface area contributed by atoms with Crippen molar-refractivity contribution in [2.24, 2.45) is 0 Å². The molecule has 2 unspecified atom stereocenters. The van der Waals surface area contributed by atoms with Crippen molar-refractivity contribution in [1.82, 2.24) is 10.2 Å². The van der Waals surface area contributed by atoms with Gasteiger partial charge in [-0.25, -0.2) is 0 Å². The molecule has 2 N–H and O–H groups in total. The molecular formula is C30H30Cl2N2O4.